The molecule has 0 radical (unpaired) electrons. The number of rotatable bonds is 9. The summed E-state index contributed by atoms with van der Waals surface area (Å²) in [5, 5.41) is 13.7. The van der Waals surface area contributed by atoms with Gasteiger partial charge in [-0.1, -0.05) is 5.16 Å². The van der Waals surface area contributed by atoms with Crippen LogP contribution in [0, 0.1) is 4.77 Å². The second-order valence-electron chi connectivity index (χ2n) is 6.06. The van der Waals surface area contributed by atoms with Gasteiger partial charge in [-0.25, -0.2) is 0 Å². The lowest BCUT2D eigenvalue weighted by atomic mass is 10.2. The summed E-state index contributed by atoms with van der Waals surface area (Å²) in [6.45, 7) is 3.01. The molecule has 0 aliphatic carbocycles. The number of methoxy groups -OCH3 is 1. The molecule has 3 rings (SSSR count). The number of benzene rings is 1. The maximum Gasteiger partial charge on any atom is 0.226 e. The molecule has 0 saturated heterocycles. The summed E-state index contributed by atoms with van der Waals surface area (Å²) in [6, 6.07) is 7.41. The van der Waals surface area contributed by atoms with Crippen LogP contribution in [0.5, 0.6) is 5.75 Å². The molecule has 2 heterocycles. The number of aryl methyl sites for hydroxylation is 1. The smallest absolute Gasteiger partial charge is 0.226 e. The molecule has 2 N–H and O–H groups in total. The summed E-state index contributed by atoms with van der Waals surface area (Å²) < 4.78 is 12.8. The third kappa shape index (κ3) is 4.83. The summed E-state index contributed by atoms with van der Waals surface area (Å²) in [6.07, 6.45) is 1.50. The number of hydrogen-bond donors (Lipinski definition) is 2. The Hall–Kier alpha value is -3.01. The number of H-pyrrole nitrogens is 1. The van der Waals surface area contributed by atoms with Crippen molar-refractivity contribution >= 4 is 18.1 Å². The first-order valence-electron chi connectivity index (χ1n) is 8.98. The molecule has 2 aromatic heterocycles. The van der Waals surface area contributed by atoms with Gasteiger partial charge in [-0.05, 0) is 49.8 Å². The molecular formula is C18H22N6O3S. The molecule has 0 bridgehead atoms. The Labute approximate surface area is 167 Å². The van der Waals surface area contributed by atoms with Crippen LogP contribution in [0.2, 0.25) is 0 Å². The Morgan fingerprint density at radius 3 is 2.86 bits per heavy atom. The van der Waals surface area contributed by atoms with Crippen molar-refractivity contribution in [3.05, 3.63) is 40.8 Å². The first-order chi connectivity index (χ1) is 13.6. The summed E-state index contributed by atoms with van der Waals surface area (Å²) in [5.74, 6) is 2.44. The number of aromatic nitrogens is 5. The van der Waals surface area contributed by atoms with Gasteiger partial charge in [0, 0.05) is 24.9 Å². The molecular weight excluding hydrogens is 380 g/mol. The van der Waals surface area contributed by atoms with Gasteiger partial charge in [0.05, 0.1) is 13.7 Å². The highest BCUT2D eigenvalue weighted by Gasteiger charge is 2.11. The van der Waals surface area contributed by atoms with E-state index in [0.717, 1.165) is 11.3 Å². The molecule has 0 unspecified atom stereocenters. The molecule has 0 atom stereocenters. The molecule has 0 aliphatic heterocycles. The highest BCUT2D eigenvalue weighted by molar-refractivity contribution is 7.71. The van der Waals surface area contributed by atoms with Crippen molar-refractivity contribution in [2.24, 2.45) is 0 Å². The molecule has 28 heavy (non-hydrogen) atoms. The Balaban J connectivity index is 1.45. The first kappa shape index (κ1) is 19.7. The minimum Gasteiger partial charge on any atom is -0.497 e. The van der Waals surface area contributed by atoms with E-state index >= 15 is 0 Å². The van der Waals surface area contributed by atoms with Crippen molar-refractivity contribution in [3.63, 3.8) is 0 Å². The monoisotopic (exact) mass is 402 g/mol. The lowest BCUT2D eigenvalue weighted by Gasteiger charge is -2.05. The standard InChI is InChI=1S/C18H22N6O3S/c1-3-24-14(21-22-18(24)28)11-19-15(25)5-4-6-16-20-17(23-27-16)12-7-9-13(26-2)10-8-12/h7-10H,3-6,11H2,1-2H3,(H,19,25)(H,22,28). The molecule has 1 amide bonds. The molecule has 0 saturated carbocycles. The van der Waals surface area contributed by atoms with Crippen LogP contribution in [0.15, 0.2) is 28.8 Å². The molecule has 10 heteroatoms. The van der Waals surface area contributed by atoms with Gasteiger partial charge < -0.3 is 19.1 Å². The van der Waals surface area contributed by atoms with Crippen molar-refractivity contribution < 1.29 is 14.1 Å². The van der Waals surface area contributed by atoms with Crippen LogP contribution in [0.1, 0.15) is 31.5 Å². The highest BCUT2D eigenvalue weighted by Crippen LogP contribution is 2.20. The largest absolute Gasteiger partial charge is 0.497 e. The van der Waals surface area contributed by atoms with Gasteiger partial charge in [-0.2, -0.15) is 10.1 Å². The van der Waals surface area contributed by atoms with Crippen molar-refractivity contribution in [1.82, 2.24) is 30.2 Å². The molecule has 0 fully saturated rings. The zero-order valence-corrected chi connectivity index (χ0v) is 16.6. The van der Waals surface area contributed by atoms with Gasteiger partial charge in [0.25, 0.3) is 0 Å². The van der Waals surface area contributed by atoms with Gasteiger partial charge in [0.2, 0.25) is 17.6 Å². The number of aromatic amines is 1. The molecule has 3 aromatic rings. The zero-order chi connectivity index (χ0) is 19.9. The Kier molecular flexibility index (Phi) is 6.53. The fraction of sp³-hybridized carbons (Fsp3) is 0.389. The predicted molar refractivity (Wildman–Crippen MR) is 104 cm³/mol. The third-order valence-corrected chi connectivity index (χ3v) is 4.52. The van der Waals surface area contributed by atoms with Gasteiger partial charge in [-0.15, -0.1) is 0 Å². The third-order valence-electron chi connectivity index (χ3n) is 4.21. The van der Waals surface area contributed by atoms with E-state index in [0.29, 0.717) is 54.7 Å². The quantitative estimate of drug-likeness (QED) is 0.529. The highest BCUT2D eigenvalue weighted by atomic mass is 32.1. The number of nitrogens with zero attached hydrogens (tertiary/aromatic N) is 4. The van der Waals surface area contributed by atoms with E-state index in [2.05, 4.69) is 25.7 Å². The van der Waals surface area contributed by atoms with Crippen molar-refractivity contribution in [3.8, 4) is 17.1 Å². The van der Waals surface area contributed by atoms with Crippen LogP contribution < -0.4 is 10.1 Å². The fourth-order valence-corrected chi connectivity index (χ4v) is 2.97. The van der Waals surface area contributed by atoms with Crippen molar-refractivity contribution in [2.45, 2.75) is 39.3 Å². The maximum atomic E-state index is 12.0. The predicted octanol–water partition coefficient (Wildman–Crippen LogP) is 2.66. The van der Waals surface area contributed by atoms with E-state index in [9.17, 15) is 4.79 Å². The Bertz CT molecular complexity index is 976. The molecule has 0 spiro atoms. The average molecular weight is 402 g/mol. The van der Waals surface area contributed by atoms with Gasteiger partial charge in [-0.3, -0.25) is 9.89 Å². The summed E-state index contributed by atoms with van der Waals surface area (Å²) in [4.78, 5) is 16.4. The van der Waals surface area contributed by atoms with E-state index in [-0.39, 0.29) is 5.91 Å². The van der Waals surface area contributed by atoms with Crippen LogP contribution in [0.3, 0.4) is 0 Å². The summed E-state index contributed by atoms with van der Waals surface area (Å²) in [5.41, 5.74) is 0.845. The average Bonchev–Trinajstić information content (AvgIpc) is 3.33. The van der Waals surface area contributed by atoms with Crippen LogP contribution in [0.25, 0.3) is 11.4 Å². The van der Waals surface area contributed by atoms with Crippen LogP contribution >= 0.6 is 12.2 Å². The summed E-state index contributed by atoms with van der Waals surface area (Å²) >= 11 is 5.13. The van der Waals surface area contributed by atoms with Gasteiger partial charge in [0.1, 0.15) is 5.75 Å². The lowest BCUT2D eigenvalue weighted by Crippen LogP contribution is -2.24. The van der Waals surface area contributed by atoms with Crippen LogP contribution in [0.4, 0.5) is 0 Å². The number of ether oxygens (including phenoxy) is 1. The number of amides is 1. The van der Waals surface area contributed by atoms with Gasteiger partial charge >= 0.3 is 0 Å². The normalized spacial score (nSPS) is 10.8. The first-order valence-corrected chi connectivity index (χ1v) is 9.39. The lowest BCUT2D eigenvalue weighted by molar-refractivity contribution is -0.121. The Morgan fingerprint density at radius 2 is 2.14 bits per heavy atom. The van der Waals surface area contributed by atoms with Crippen LogP contribution in [-0.4, -0.2) is 37.9 Å². The van der Waals surface area contributed by atoms with E-state index in [4.69, 9.17) is 21.5 Å². The maximum absolute atomic E-state index is 12.0. The van der Waals surface area contributed by atoms with Crippen LogP contribution in [-0.2, 0) is 24.3 Å². The number of carbonyl (C=O) groups excluding carboxylic acids is 1. The summed E-state index contributed by atoms with van der Waals surface area (Å²) in [7, 11) is 1.62. The number of hydrogen-bond acceptors (Lipinski definition) is 7. The topological polar surface area (TPSA) is 111 Å². The zero-order valence-electron chi connectivity index (χ0n) is 15.8. The minimum atomic E-state index is -0.0635. The number of nitrogens with one attached hydrogen (secondary N) is 2. The fourth-order valence-electron chi connectivity index (χ4n) is 2.69. The van der Waals surface area contributed by atoms with E-state index < -0.39 is 0 Å². The molecule has 0 aliphatic rings. The second kappa shape index (κ2) is 9.27. The number of carbonyl (C=O) groups is 1. The van der Waals surface area contributed by atoms with Crippen molar-refractivity contribution in [1.29, 1.82) is 0 Å². The molecule has 148 valence electrons. The molecule has 9 nitrogen and oxygen atoms in total. The minimum absolute atomic E-state index is 0.0635. The second-order valence-corrected chi connectivity index (χ2v) is 6.45. The SMILES string of the molecule is CCn1c(CNC(=O)CCCc2nc(-c3ccc(OC)cc3)no2)n[nH]c1=S. The van der Waals surface area contributed by atoms with E-state index in [1.54, 1.807) is 7.11 Å². The molecule has 1 aromatic carbocycles. The Morgan fingerprint density at radius 1 is 1.36 bits per heavy atom. The van der Waals surface area contributed by atoms with E-state index in [1.165, 1.54) is 0 Å². The van der Waals surface area contributed by atoms with Crippen molar-refractivity contribution in [2.75, 3.05) is 7.11 Å². The van der Waals surface area contributed by atoms with E-state index in [1.807, 2.05) is 35.8 Å². The van der Waals surface area contributed by atoms with Gasteiger partial charge in [0.15, 0.2) is 10.6 Å².